The van der Waals surface area contributed by atoms with E-state index >= 15 is 0 Å². The number of alkyl halides is 3. The van der Waals surface area contributed by atoms with Crippen molar-refractivity contribution < 1.29 is 17.6 Å². The number of benzene rings is 1. The molecule has 112 valence electrons. The zero-order valence-corrected chi connectivity index (χ0v) is 11.3. The molecule has 2 rings (SSSR count). The summed E-state index contributed by atoms with van der Waals surface area (Å²) >= 11 is 0. The molecule has 1 aromatic heterocycles. The van der Waals surface area contributed by atoms with Gasteiger partial charge in [0.15, 0.2) is 0 Å². The van der Waals surface area contributed by atoms with Gasteiger partial charge in [-0.1, -0.05) is 0 Å². The van der Waals surface area contributed by atoms with E-state index in [9.17, 15) is 17.6 Å². The zero-order valence-electron chi connectivity index (χ0n) is 11.3. The van der Waals surface area contributed by atoms with Crippen molar-refractivity contribution in [2.24, 2.45) is 0 Å². The molecule has 6 heteroatoms. The van der Waals surface area contributed by atoms with Crippen LogP contribution in [0.3, 0.4) is 0 Å². The van der Waals surface area contributed by atoms with Gasteiger partial charge in [0.25, 0.3) is 0 Å². The first-order valence-electron chi connectivity index (χ1n) is 6.37. The third kappa shape index (κ3) is 4.26. The largest absolute Gasteiger partial charge is 0.403 e. The van der Waals surface area contributed by atoms with Crippen LogP contribution in [0.5, 0.6) is 0 Å². The molecular weight excluding hydrogens is 284 g/mol. The molecule has 0 spiro atoms. The molecule has 0 bridgehead atoms. The van der Waals surface area contributed by atoms with Crippen LogP contribution < -0.4 is 5.32 Å². The Hall–Kier alpha value is -1.95. The lowest BCUT2D eigenvalue weighted by molar-refractivity contribution is -0.151. The molecule has 1 heterocycles. The van der Waals surface area contributed by atoms with E-state index in [4.69, 9.17) is 0 Å². The van der Waals surface area contributed by atoms with E-state index in [1.165, 1.54) is 18.3 Å². The zero-order chi connectivity index (χ0) is 15.5. The van der Waals surface area contributed by atoms with Crippen molar-refractivity contribution in [1.82, 2.24) is 10.3 Å². The van der Waals surface area contributed by atoms with E-state index in [1.54, 1.807) is 24.3 Å². The highest BCUT2D eigenvalue weighted by atomic mass is 19.4. The highest BCUT2D eigenvalue weighted by molar-refractivity contribution is 5.59. The Morgan fingerprint density at radius 3 is 2.43 bits per heavy atom. The summed E-state index contributed by atoms with van der Waals surface area (Å²) in [5, 5.41) is 2.41. The fourth-order valence-electron chi connectivity index (χ4n) is 1.75. The minimum atomic E-state index is -4.27. The third-order valence-corrected chi connectivity index (χ3v) is 3.07. The van der Waals surface area contributed by atoms with E-state index in [2.05, 4.69) is 10.3 Å². The Labute approximate surface area is 119 Å². The van der Waals surface area contributed by atoms with Crippen molar-refractivity contribution in [2.45, 2.75) is 25.7 Å². The standard InChI is InChI=1S/C15H14F4N2/c1-10(15(17,18)19)21-9-11-6-7-20-14(8-11)12-2-4-13(16)5-3-12/h2-8,10,21H,9H2,1H3. The lowest BCUT2D eigenvalue weighted by Gasteiger charge is -2.17. The Balaban J connectivity index is 2.09. The van der Waals surface area contributed by atoms with Crippen LogP contribution in [0, 0.1) is 5.82 Å². The van der Waals surface area contributed by atoms with E-state index in [0.717, 1.165) is 6.92 Å². The van der Waals surface area contributed by atoms with Gasteiger partial charge in [-0.25, -0.2) is 4.39 Å². The predicted octanol–water partition coefficient (Wildman–Crippen LogP) is 3.93. The van der Waals surface area contributed by atoms with Crippen molar-refractivity contribution in [2.75, 3.05) is 0 Å². The lowest BCUT2D eigenvalue weighted by Crippen LogP contribution is -2.39. The smallest absolute Gasteiger partial charge is 0.302 e. The molecule has 2 aromatic rings. The van der Waals surface area contributed by atoms with Crippen LogP contribution in [0.15, 0.2) is 42.6 Å². The van der Waals surface area contributed by atoms with Crippen LogP contribution >= 0.6 is 0 Å². The fourth-order valence-corrected chi connectivity index (χ4v) is 1.75. The van der Waals surface area contributed by atoms with Crippen LogP contribution in [0.1, 0.15) is 12.5 Å². The minimum absolute atomic E-state index is 0.0807. The average Bonchev–Trinajstić information content (AvgIpc) is 2.45. The van der Waals surface area contributed by atoms with Gasteiger partial charge in [-0.2, -0.15) is 13.2 Å². The lowest BCUT2D eigenvalue weighted by atomic mass is 10.1. The number of rotatable bonds is 4. The van der Waals surface area contributed by atoms with Crippen LogP contribution in [0.4, 0.5) is 17.6 Å². The van der Waals surface area contributed by atoms with Gasteiger partial charge >= 0.3 is 6.18 Å². The van der Waals surface area contributed by atoms with E-state index in [-0.39, 0.29) is 12.4 Å². The Morgan fingerprint density at radius 1 is 1.14 bits per heavy atom. The number of nitrogens with zero attached hydrogens (tertiary/aromatic N) is 1. The predicted molar refractivity (Wildman–Crippen MR) is 72.0 cm³/mol. The van der Waals surface area contributed by atoms with Gasteiger partial charge in [0.2, 0.25) is 0 Å². The highest BCUT2D eigenvalue weighted by Gasteiger charge is 2.35. The van der Waals surface area contributed by atoms with Crippen LogP contribution in [0.2, 0.25) is 0 Å². The van der Waals surface area contributed by atoms with Crippen LogP contribution in [-0.4, -0.2) is 17.2 Å². The first kappa shape index (κ1) is 15.4. The second-order valence-electron chi connectivity index (χ2n) is 4.70. The van der Waals surface area contributed by atoms with E-state index in [1.807, 2.05) is 0 Å². The van der Waals surface area contributed by atoms with Crippen LogP contribution in [-0.2, 0) is 6.54 Å². The fraction of sp³-hybridized carbons (Fsp3) is 0.267. The molecule has 1 unspecified atom stereocenters. The van der Waals surface area contributed by atoms with Crippen molar-refractivity contribution in [3.8, 4) is 11.3 Å². The summed E-state index contributed by atoms with van der Waals surface area (Å²) in [7, 11) is 0. The second-order valence-corrected chi connectivity index (χ2v) is 4.70. The maximum Gasteiger partial charge on any atom is 0.403 e. The van der Waals surface area contributed by atoms with Gasteiger partial charge in [0.05, 0.1) is 5.69 Å². The molecule has 0 aliphatic carbocycles. The number of pyridine rings is 1. The van der Waals surface area contributed by atoms with Gasteiger partial charge in [0.1, 0.15) is 11.9 Å². The molecule has 1 atom stereocenters. The van der Waals surface area contributed by atoms with Crippen LogP contribution in [0.25, 0.3) is 11.3 Å². The van der Waals surface area contributed by atoms with Gasteiger partial charge in [-0.05, 0) is 48.9 Å². The Kier molecular flexibility index (Phi) is 4.57. The van der Waals surface area contributed by atoms with Gasteiger partial charge in [-0.15, -0.1) is 0 Å². The van der Waals surface area contributed by atoms with Crippen molar-refractivity contribution in [1.29, 1.82) is 0 Å². The summed E-state index contributed by atoms with van der Waals surface area (Å²) in [6.45, 7) is 1.15. The molecule has 2 nitrogen and oxygen atoms in total. The molecule has 1 N–H and O–H groups in total. The second kappa shape index (κ2) is 6.22. The molecule has 0 amide bonds. The summed E-state index contributed by atoms with van der Waals surface area (Å²) in [5.41, 5.74) is 1.98. The Morgan fingerprint density at radius 2 is 1.81 bits per heavy atom. The number of nitrogens with one attached hydrogen (secondary N) is 1. The normalized spacial score (nSPS) is 13.2. The number of halogens is 4. The molecule has 21 heavy (non-hydrogen) atoms. The molecule has 0 saturated heterocycles. The number of aromatic nitrogens is 1. The molecule has 1 aromatic carbocycles. The topological polar surface area (TPSA) is 24.9 Å². The quantitative estimate of drug-likeness (QED) is 0.865. The maximum atomic E-state index is 12.9. The maximum absolute atomic E-state index is 12.9. The van der Waals surface area contributed by atoms with Crippen molar-refractivity contribution in [3.05, 3.63) is 54.0 Å². The summed E-state index contributed by atoms with van der Waals surface area (Å²) in [6.07, 6.45) is -2.75. The molecule has 0 fully saturated rings. The van der Waals surface area contributed by atoms with E-state index in [0.29, 0.717) is 16.8 Å². The summed E-state index contributed by atoms with van der Waals surface area (Å²) in [6, 6.07) is 7.52. The molecule has 0 aliphatic heterocycles. The summed E-state index contributed by atoms with van der Waals surface area (Å²) < 4.78 is 50.1. The summed E-state index contributed by atoms with van der Waals surface area (Å²) in [4.78, 5) is 4.14. The van der Waals surface area contributed by atoms with Crippen molar-refractivity contribution >= 4 is 0 Å². The molecule has 0 saturated carbocycles. The average molecular weight is 298 g/mol. The number of hydrogen-bond acceptors (Lipinski definition) is 2. The summed E-state index contributed by atoms with van der Waals surface area (Å²) in [5.74, 6) is -0.351. The van der Waals surface area contributed by atoms with Crippen molar-refractivity contribution in [3.63, 3.8) is 0 Å². The first-order valence-corrected chi connectivity index (χ1v) is 6.37. The van der Waals surface area contributed by atoms with Gasteiger partial charge < -0.3 is 5.32 Å². The molecule has 0 radical (unpaired) electrons. The first-order chi connectivity index (χ1) is 9.86. The third-order valence-electron chi connectivity index (χ3n) is 3.07. The van der Waals surface area contributed by atoms with Gasteiger partial charge in [-0.3, -0.25) is 4.98 Å². The minimum Gasteiger partial charge on any atom is -0.302 e. The SMILES string of the molecule is CC(NCc1ccnc(-c2ccc(F)cc2)c1)C(F)(F)F. The van der Waals surface area contributed by atoms with E-state index < -0.39 is 12.2 Å². The monoisotopic (exact) mass is 298 g/mol. The molecular formula is C15H14F4N2. The molecule has 0 aliphatic rings. The highest BCUT2D eigenvalue weighted by Crippen LogP contribution is 2.21. The van der Waals surface area contributed by atoms with Gasteiger partial charge in [0, 0.05) is 18.3 Å². The number of hydrogen-bond donors (Lipinski definition) is 1. The Bertz CT molecular complexity index is 593.